The molecule has 5 aromatic rings. The lowest BCUT2D eigenvalue weighted by Gasteiger charge is -2.21. The molecule has 0 fully saturated rings. The van der Waals surface area contributed by atoms with Crippen molar-refractivity contribution in [1.82, 2.24) is 10.3 Å². The minimum Gasteiger partial charge on any atom is -0.366 e. The molecule has 0 spiro atoms. The smallest absolute Gasteiger partial charge is 0.259 e. The third kappa shape index (κ3) is 4.01. The number of hydrogen-bond donors (Lipinski definition) is 3. The van der Waals surface area contributed by atoms with Gasteiger partial charge >= 0.3 is 0 Å². The largest absolute Gasteiger partial charge is 0.366 e. The van der Waals surface area contributed by atoms with Crippen LogP contribution >= 0.6 is 0 Å². The van der Waals surface area contributed by atoms with Gasteiger partial charge in [0, 0.05) is 41.0 Å². The number of benzene rings is 4. The predicted octanol–water partition coefficient (Wildman–Crippen LogP) is 5.33. The average molecular weight is 521 g/mol. The van der Waals surface area contributed by atoms with Crippen molar-refractivity contribution >= 4 is 45.2 Å². The van der Waals surface area contributed by atoms with E-state index in [0.29, 0.717) is 29.7 Å². The Hall–Kier alpha value is -4.98. The number of amides is 3. The highest BCUT2D eigenvalue weighted by Crippen LogP contribution is 2.41. The molecule has 0 saturated heterocycles. The highest BCUT2D eigenvalue weighted by Gasteiger charge is 2.30. The van der Waals surface area contributed by atoms with E-state index in [4.69, 9.17) is 5.73 Å². The summed E-state index contributed by atoms with van der Waals surface area (Å²) in [4.78, 5) is 42.0. The number of nitrogens with zero attached hydrogens (tertiary/aromatic N) is 1. The molecule has 7 nitrogen and oxygen atoms in total. The summed E-state index contributed by atoms with van der Waals surface area (Å²) in [6, 6.07) is 19.5. The fraction of sp³-hybridized carbons (Fsp3) is 0.129. The number of nitrogens with two attached hydrogens (primary N) is 1. The quantitative estimate of drug-likeness (QED) is 0.291. The van der Waals surface area contributed by atoms with E-state index in [0.717, 1.165) is 49.8 Å². The third-order valence-corrected chi connectivity index (χ3v) is 7.39. The van der Waals surface area contributed by atoms with Crippen LogP contribution in [0, 0.1) is 12.7 Å². The first-order valence-corrected chi connectivity index (χ1v) is 12.5. The Morgan fingerprint density at radius 3 is 2.62 bits per heavy atom. The maximum atomic E-state index is 13.8. The zero-order valence-electron chi connectivity index (χ0n) is 21.4. The summed E-state index contributed by atoms with van der Waals surface area (Å²) in [5.41, 5.74) is 13.0. The number of anilines is 1. The van der Waals surface area contributed by atoms with E-state index in [2.05, 4.69) is 10.3 Å². The van der Waals surface area contributed by atoms with Gasteiger partial charge in [0.1, 0.15) is 5.82 Å². The van der Waals surface area contributed by atoms with E-state index in [1.807, 2.05) is 49.4 Å². The molecule has 4 aromatic carbocycles. The van der Waals surface area contributed by atoms with Crippen molar-refractivity contribution in [3.05, 3.63) is 100 Å². The van der Waals surface area contributed by atoms with Crippen molar-refractivity contribution in [2.24, 2.45) is 5.73 Å². The molecule has 0 atom stereocenters. The first-order chi connectivity index (χ1) is 18.7. The Kier molecular flexibility index (Phi) is 5.68. The lowest BCUT2D eigenvalue weighted by Crippen LogP contribution is -2.24. The molecule has 0 saturated carbocycles. The van der Waals surface area contributed by atoms with Crippen LogP contribution in [0.4, 0.5) is 10.1 Å². The fourth-order valence-electron chi connectivity index (χ4n) is 5.50. The van der Waals surface area contributed by atoms with E-state index in [-0.39, 0.29) is 11.8 Å². The van der Waals surface area contributed by atoms with Gasteiger partial charge in [0.2, 0.25) is 5.91 Å². The Bertz CT molecular complexity index is 1860. The number of H-pyrrole nitrogens is 1. The number of nitrogens with one attached hydrogen (secondary N) is 2. The van der Waals surface area contributed by atoms with Crippen LogP contribution in [0.15, 0.2) is 66.7 Å². The second-order valence-electron chi connectivity index (χ2n) is 9.83. The molecule has 8 heteroatoms. The zero-order chi connectivity index (χ0) is 27.4. The molecular formula is C31H25FN4O3. The van der Waals surface area contributed by atoms with Crippen molar-refractivity contribution in [2.75, 3.05) is 4.90 Å². The molecule has 194 valence electrons. The van der Waals surface area contributed by atoms with Crippen LogP contribution < -0.4 is 16.0 Å². The second kappa shape index (κ2) is 9.09. The van der Waals surface area contributed by atoms with Crippen LogP contribution in [0.3, 0.4) is 0 Å². The van der Waals surface area contributed by atoms with Gasteiger partial charge in [0.15, 0.2) is 0 Å². The summed E-state index contributed by atoms with van der Waals surface area (Å²) in [5.74, 6) is -1.34. The Labute approximate surface area is 223 Å². The van der Waals surface area contributed by atoms with Crippen LogP contribution in [0.1, 0.15) is 44.3 Å². The number of aromatic amines is 1. The summed E-state index contributed by atoms with van der Waals surface area (Å²) in [7, 11) is 0. The predicted molar refractivity (Wildman–Crippen MR) is 149 cm³/mol. The highest BCUT2D eigenvalue weighted by atomic mass is 19.1. The van der Waals surface area contributed by atoms with Gasteiger partial charge in [-0.1, -0.05) is 36.4 Å². The van der Waals surface area contributed by atoms with Crippen LogP contribution in [0.2, 0.25) is 0 Å². The number of fused-ring (bicyclic) bond motifs is 4. The molecular weight excluding hydrogens is 495 g/mol. The normalized spacial score (nSPS) is 12.8. The SMILES string of the molecule is CC(=O)NCc1ccc2c(c1)[nH]c1c(C(N)=O)ccc(-c3cccc(N4Cc5ccc(F)cc5C4=O)c3C)c12. The van der Waals surface area contributed by atoms with Gasteiger partial charge in [-0.3, -0.25) is 14.4 Å². The average Bonchev–Trinajstić information content (AvgIpc) is 3.44. The van der Waals surface area contributed by atoms with Gasteiger partial charge in [-0.2, -0.15) is 0 Å². The summed E-state index contributed by atoms with van der Waals surface area (Å²) in [6.45, 7) is 4.16. The van der Waals surface area contributed by atoms with Gasteiger partial charge in [-0.15, -0.1) is 0 Å². The number of hydrogen-bond acceptors (Lipinski definition) is 3. The Balaban J connectivity index is 1.51. The van der Waals surface area contributed by atoms with Crippen LogP contribution in [-0.2, 0) is 17.9 Å². The van der Waals surface area contributed by atoms with Crippen molar-refractivity contribution in [1.29, 1.82) is 0 Å². The van der Waals surface area contributed by atoms with Crippen molar-refractivity contribution < 1.29 is 18.8 Å². The Morgan fingerprint density at radius 1 is 1.03 bits per heavy atom. The van der Waals surface area contributed by atoms with Gasteiger partial charge in [0.25, 0.3) is 11.8 Å². The second-order valence-corrected chi connectivity index (χ2v) is 9.83. The first-order valence-electron chi connectivity index (χ1n) is 12.5. The van der Waals surface area contributed by atoms with E-state index in [1.54, 1.807) is 17.0 Å². The number of aromatic nitrogens is 1. The van der Waals surface area contributed by atoms with Crippen molar-refractivity contribution in [3.8, 4) is 11.1 Å². The van der Waals surface area contributed by atoms with Gasteiger partial charge < -0.3 is 20.9 Å². The van der Waals surface area contributed by atoms with Gasteiger partial charge in [0.05, 0.1) is 17.6 Å². The van der Waals surface area contributed by atoms with E-state index >= 15 is 0 Å². The molecule has 1 aliphatic heterocycles. The van der Waals surface area contributed by atoms with Crippen molar-refractivity contribution in [2.45, 2.75) is 26.9 Å². The molecule has 0 radical (unpaired) electrons. The molecule has 6 rings (SSSR count). The van der Waals surface area contributed by atoms with Crippen molar-refractivity contribution in [3.63, 3.8) is 0 Å². The summed E-state index contributed by atoms with van der Waals surface area (Å²) >= 11 is 0. The van der Waals surface area contributed by atoms with Gasteiger partial charge in [-0.25, -0.2) is 4.39 Å². The standard InChI is InChI=1S/C31H25FN4O3/c1-16-21(4-3-5-27(16)36-15-19-7-8-20(32)13-25(19)31(36)39)22-10-11-24(30(33)38)29-28(22)23-9-6-18(12-26(23)35-29)14-34-17(2)37/h3-13,35H,14-15H2,1-2H3,(H2,33,38)(H,34,37). The molecule has 3 amide bonds. The monoisotopic (exact) mass is 520 g/mol. The maximum Gasteiger partial charge on any atom is 0.259 e. The fourth-order valence-corrected chi connectivity index (χ4v) is 5.50. The molecule has 0 bridgehead atoms. The molecule has 4 N–H and O–H groups in total. The van der Waals surface area contributed by atoms with E-state index in [1.165, 1.54) is 19.1 Å². The summed E-state index contributed by atoms with van der Waals surface area (Å²) in [5, 5.41) is 4.54. The molecule has 39 heavy (non-hydrogen) atoms. The number of carbonyl (C=O) groups excluding carboxylic acids is 3. The number of primary amides is 1. The maximum absolute atomic E-state index is 13.8. The number of rotatable bonds is 5. The molecule has 2 heterocycles. The van der Waals surface area contributed by atoms with Crippen LogP contribution in [0.5, 0.6) is 0 Å². The lowest BCUT2D eigenvalue weighted by molar-refractivity contribution is -0.119. The topological polar surface area (TPSA) is 108 Å². The number of halogens is 1. The van der Waals surface area contributed by atoms with Gasteiger partial charge in [-0.05, 0) is 65.1 Å². The van der Waals surface area contributed by atoms with E-state index < -0.39 is 11.7 Å². The first kappa shape index (κ1) is 24.4. The highest BCUT2D eigenvalue weighted by molar-refractivity contribution is 6.20. The molecule has 0 unspecified atom stereocenters. The van der Waals surface area contributed by atoms with Crippen LogP contribution in [0.25, 0.3) is 32.9 Å². The van der Waals surface area contributed by atoms with E-state index in [9.17, 15) is 18.8 Å². The zero-order valence-corrected chi connectivity index (χ0v) is 21.4. The minimum absolute atomic E-state index is 0.120. The summed E-state index contributed by atoms with van der Waals surface area (Å²) < 4.78 is 13.8. The summed E-state index contributed by atoms with van der Waals surface area (Å²) in [6.07, 6.45) is 0. The van der Waals surface area contributed by atoms with Crippen LogP contribution in [-0.4, -0.2) is 22.7 Å². The Morgan fingerprint density at radius 2 is 1.85 bits per heavy atom. The molecule has 1 aliphatic rings. The molecule has 1 aromatic heterocycles. The third-order valence-electron chi connectivity index (χ3n) is 7.39. The molecule has 0 aliphatic carbocycles. The number of carbonyl (C=O) groups is 3. The lowest BCUT2D eigenvalue weighted by atomic mass is 9.93. The minimum atomic E-state index is -0.547.